The number of rotatable bonds is 4. The lowest BCUT2D eigenvalue weighted by Crippen LogP contribution is -2.38. The third kappa shape index (κ3) is 3.77. The van der Waals surface area contributed by atoms with Gasteiger partial charge in [-0.15, -0.1) is 0 Å². The lowest BCUT2D eigenvalue weighted by atomic mass is 9.94. The molecule has 1 N–H and O–H groups in total. The molecule has 1 aromatic carbocycles. The first kappa shape index (κ1) is 14.0. The van der Waals surface area contributed by atoms with Gasteiger partial charge < -0.3 is 4.74 Å². The molecular weight excluding hydrogens is 245 g/mol. The number of esters is 1. The summed E-state index contributed by atoms with van der Waals surface area (Å²) in [5, 5.41) is 3.31. The number of carbonyl (C=O) groups excluding carboxylic acids is 1. The molecule has 1 saturated carbocycles. The molecule has 1 unspecified atom stereocenters. The molecule has 19 heavy (non-hydrogen) atoms. The fourth-order valence-electron chi connectivity index (χ4n) is 2.61. The van der Waals surface area contributed by atoms with Gasteiger partial charge in [-0.1, -0.05) is 31.4 Å². The molecule has 2 rings (SSSR count). The monoisotopic (exact) mass is 265 g/mol. The minimum Gasteiger partial charge on any atom is -0.468 e. The van der Waals surface area contributed by atoms with Crippen LogP contribution in [0.3, 0.4) is 0 Å². The maximum Gasteiger partial charge on any atom is 0.327 e. The zero-order valence-electron chi connectivity index (χ0n) is 11.2. The Kier molecular flexibility index (Phi) is 4.91. The second-order valence-electron chi connectivity index (χ2n) is 5.01. The van der Waals surface area contributed by atoms with Crippen molar-refractivity contribution in [2.75, 3.05) is 7.11 Å². The van der Waals surface area contributed by atoms with Gasteiger partial charge in [0.1, 0.15) is 11.9 Å². The Morgan fingerprint density at radius 1 is 1.37 bits per heavy atom. The van der Waals surface area contributed by atoms with Gasteiger partial charge in [-0.2, -0.15) is 0 Å². The zero-order valence-corrected chi connectivity index (χ0v) is 11.2. The summed E-state index contributed by atoms with van der Waals surface area (Å²) in [5.74, 6) is -0.701. The molecule has 4 heteroatoms. The summed E-state index contributed by atoms with van der Waals surface area (Å²) >= 11 is 0. The first-order valence-corrected chi connectivity index (χ1v) is 6.80. The van der Waals surface area contributed by atoms with Crippen molar-refractivity contribution in [1.82, 2.24) is 5.32 Å². The van der Waals surface area contributed by atoms with Crippen LogP contribution in [0.5, 0.6) is 0 Å². The molecule has 0 heterocycles. The van der Waals surface area contributed by atoms with Crippen LogP contribution in [0.1, 0.15) is 43.7 Å². The third-order valence-corrected chi connectivity index (χ3v) is 3.63. The topological polar surface area (TPSA) is 38.3 Å². The van der Waals surface area contributed by atoms with Crippen molar-refractivity contribution in [2.45, 2.75) is 44.2 Å². The lowest BCUT2D eigenvalue weighted by Gasteiger charge is -2.27. The molecule has 104 valence electrons. The number of methoxy groups -OCH3 is 1. The second-order valence-corrected chi connectivity index (χ2v) is 5.01. The Morgan fingerprint density at radius 2 is 2.11 bits per heavy atom. The SMILES string of the molecule is COC(=O)C(NC1CCCCC1)c1cccc(F)c1. The molecule has 1 aliphatic carbocycles. The molecule has 1 aliphatic rings. The number of benzene rings is 1. The Hall–Kier alpha value is -1.42. The lowest BCUT2D eigenvalue weighted by molar-refractivity contribution is -0.143. The maximum absolute atomic E-state index is 13.3. The molecule has 1 atom stereocenters. The average Bonchev–Trinajstić information content (AvgIpc) is 2.45. The largest absolute Gasteiger partial charge is 0.468 e. The molecule has 1 aromatic rings. The van der Waals surface area contributed by atoms with Crippen LogP contribution in [0.25, 0.3) is 0 Å². The summed E-state index contributed by atoms with van der Waals surface area (Å²) in [6.45, 7) is 0. The summed E-state index contributed by atoms with van der Waals surface area (Å²) in [6, 6.07) is 5.85. The Labute approximate surface area is 113 Å². The van der Waals surface area contributed by atoms with Gasteiger partial charge in [0.15, 0.2) is 0 Å². The zero-order chi connectivity index (χ0) is 13.7. The number of nitrogens with one attached hydrogen (secondary N) is 1. The Morgan fingerprint density at radius 3 is 2.74 bits per heavy atom. The van der Waals surface area contributed by atoms with Gasteiger partial charge in [-0.25, -0.2) is 9.18 Å². The molecular formula is C15H20FNO2. The Balaban J connectivity index is 2.13. The highest BCUT2D eigenvalue weighted by Gasteiger charge is 2.25. The first-order chi connectivity index (χ1) is 9.20. The second kappa shape index (κ2) is 6.66. The summed E-state index contributed by atoms with van der Waals surface area (Å²) in [7, 11) is 1.36. The van der Waals surface area contributed by atoms with Crippen molar-refractivity contribution in [3.63, 3.8) is 0 Å². The van der Waals surface area contributed by atoms with Gasteiger partial charge in [-0.05, 0) is 30.5 Å². The van der Waals surface area contributed by atoms with Crippen molar-refractivity contribution < 1.29 is 13.9 Å². The van der Waals surface area contributed by atoms with Crippen molar-refractivity contribution in [2.24, 2.45) is 0 Å². The van der Waals surface area contributed by atoms with Gasteiger partial charge in [0.2, 0.25) is 0 Å². The predicted molar refractivity (Wildman–Crippen MR) is 71.2 cm³/mol. The van der Waals surface area contributed by atoms with Crippen LogP contribution in [0.2, 0.25) is 0 Å². The first-order valence-electron chi connectivity index (χ1n) is 6.80. The standard InChI is InChI=1S/C15H20FNO2/c1-19-15(18)14(11-6-5-7-12(16)10-11)17-13-8-3-2-4-9-13/h5-7,10,13-14,17H,2-4,8-9H2,1H3. The van der Waals surface area contributed by atoms with Gasteiger partial charge in [0.25, 0.3) is 0 Å². The van der Waals surface area contributed by atoms with E-state index in [0.29, 0.717) is 11.6 Å². The van der Waals surface area contributed by atoms with E-state index in [0.717, 1.165) is 12.8 Å². The van der Waals surface area contributed by atoms with E-state index in [9.17, 15) is 9.18 Å². The number of carbonyl (C=O) groups is 1. The van der Waals surface area contributed by atoms with Crippen molar-refractivity contribution in [3.05, 3.63) is 35.6 Å². The quantitative estimate of drug-likeness (QED) is 0.851. The van der Waals surface area contributed by atoms with Gasteiger partial charge in [-0.3, -0.25) is 5.32 Å². The van der Waals surface area contributed by atoms with Crippen LogP contribution in [0.4, 0.5) is 4.39 Å². The number of ether oxygens (including phenoxy) is 1. The molecule has 0 bridgehead atoms. The van der Waals surface area contributed by atoms with Crippen molar-refractivity contribution >= 4 is 5.97 Å². The highest BCUT2D eigenvalue weighted by molar-refractivity contribution is 5.77. The van der Waals surface area contributed by atoms with E-state index in [1.54, 1.807) is 12.1 Å². The molecule has 0 aliphatic heterocycles. The fourth-order valence-corrected chi connectivity index (χ4v) is 2.61. The molecule has 0 amide bonds. The molecule has 0 aromatic heterocycles. The molecule has 0 saturated heterocycles. The summed E-state index contributed by atoms with van der Waals surface area (Å²) in [6.07, 6.45) is 5.72. The minimum absolute atomic E-state index is 0.307. The number of hydrogen-bond donors (Lipinski definition) is 1. The third-order valence-electron chi connectivity index (χ3n) is 3.63. The van der Waals surface area contributed by atoms with Crippen LogP contribution < -0.4 is 5.32 Å². The van der Waals surface area contributed by atoms with Crippen LogP contribution in [0, 0.1) is 5.82 Å². The smallest absolute Gasteiger partial charge is 0.327 e. The van der Waals surface area contributed by atoms with Crippen LogP contribution in [0.15, 0.2) is 24.3 Å². The molecule has 3 nitrogen and oxygen atoms in total. The van der Waals surface area contributed by atoms with Gasteiger partial charge in [0.05, 0.1) is 7.11 Å². The van der Waals surface area contributed by atoms with Crippen LogP contribution in [-0.2, 0) is 9.53 Å². The van der Waals surface area contributed by atoms with Gasteiger partial charge in [0, 0.05) is 6.04 Å². The van der Waals surface area contributed by atoms with Crippen LogP contribution in [-0.4, -0.2) is 19.1 Å². The summed E-state index contributed by atoms with van der Waals surface area (Å²) < 4.78 is 18.1. The number of hydrogen-bond acceptors (Lipinski definition) is 3. The van der Waals surface area contributed by atoms with Crippen LogP contribution >= 0.6 is 0 Å². The molecule has 1 fully saturated rings. The van der Waals surface area contributed by atoms with Crippen molar-refractivity contribution in [3.8, 4) is 0 Å². The van der Waals surface area contributed by atoms with E-state index in [4.69, 9.17) is 4.74 Å². The van der Waals surface area contributed by atoms with E-state index < -0.39 is 6.04 Å². The van der Waals surface area contributed by atoms with E-state index in [1.165, 1.54) is 38.5 Å². The minimum atomic E-state index is -0.580. The van der Waals surface area contributed by atoms with E-state index in [1.807, 2.05) is 0 Å². The predicted octanol–water partition coefficient (Wildman–Crippen LogP) is 2.96. The highest BCUT2D eigenvalue weighted by Crippen LogP contribution is 2.22. The molecule has 0 radical (unpaired) electrons. The average molecular weight is 265 g/mol. The van der Waals surface area contributed by atoms with E-state index in [-0.39, 0.29) is 11.8 Å². The maximum atomic E-state index is 13.3. The summed E-state index contributed by atoms with van der Waals surface area (Å²) in [5.41, 5.74) is 0.623. The highest BCUT2D eigenvalue weighted by atomic mass is 19.1. The van der Waals surface area contributed by atoms with E-state index >= 15 is 0 Å². The molecule has 0 spiro atoms. The van der Waals surface area contributed by atoms with Crippen molar-refractivity contribution in [1.29, 1.82) is 0 Å². The van der Waals surface area contributed by atoms with E-state index in [2.05, 4.69) is 5.32 Å². The summed E-state index contributed by atoms with van der Waals surface area (Å²) in [4.78, 5) is 11.9. The fraction of sp³-hybridized carbons (Fsp3) is 0.533. The normalized spacial score (nSPS) is 18.0. The van der Waals surface area contributed by atoms with Gasteiger partial charge >= 0.3 is 5.97 Å². The number of halogens is 1. The Bertz CT molecular complexity index is 430.